The highest BCUT2D eigenvalue weighted by molar-refractivity contribution is 5.11. The molecular formula is C15H26. The Balaban J connectivity index is 1.88. The molecule has 2 bridgehead atoms. The summed E-state index contributed by atoms with van der Waals surface area (Å²) in [5, 5.41) is 0. The van der Waals surface area contributed by atoms with Gasteiger partial charge >= 0.3 is 0 Å². The first-order valence-corrected chi connectivity index (χ1v) is 7.06. The molecular weight excluding hydrogens is 180 g/mol. The third-order valence-electron chi connectivity index (χ3n) is 6.83. The summed E-state index contributed by atoms with van der Waals surface area (Å²) < 4.78 is 0. The zero-order valence-corrected chi connectivity index (χ0v) is 10.7. The van der Waals surface area contributed by atoms with Gasteiger partial charge in [-0.2, -0.15) is 0 Å². The molecule has 15 heavy (non-hydrogen) atoms. The van der Waals surface area contributed by atoms with Crippen molar-refractivity contribution >= 4 is 0 Å². The van der Waals surface area contributed by atoms with Crippen LogP contribution in [0.25, 0.3) is 0 Å². The van der Waals surface area contributed by atoms with Crippen molar-refractivity contribution in [2.45, 2.75) is 65.7 Å². The van der Waals surface area contributed by atoms with Gasteiger partial charge in [-0.15, -0.1) is 0 Å². The summed E-state index contributed by atoms with van der Waals surface area (Å²) in [4.78, 5) is 0. The van der Waals surface area contributed by atoms with Gasteiger partial charge in [-0.25, -0.2) is 0 Å². The van der Waals surface area contributed by atoms with Crippen molar-refractivity contribution in [2.75, 3.05) is 0 Å². The quantitative estimate of drug-likeness (QED) is 0.586. The van der Waals surface area contributed by atoms with E-state index in [0.29, 0.717) is 10.8 Å². The molecule has 3 fully saturated rings. The Bertz CT molecular complexity index is 259. The van der Waals surface area contributed by atoms with Crippen LogP contribution in [0.5, 0.6) is 0 Å². The van der Waals surface area contributed by atoms with Gasteiger partial charge in [-0.05, 0) is 47.8 Å². The third-order valence-corrected chi connectivity index (χ3v) is 6.83. The smallest absolute Gasteiger partial charge is 0.0241 e. The van der Waals surface area contributed by atoms with Crippen LogP contribution in [0.15, 0.2) is 0 Å². The largest absolute Gasteiger partial charge is 0.0591 e. The molecule has 0 amide bonds. The van der Waals surface area contributed by atoms with Gasteiger partial charge in [0.2, 0.25) is 0 Å². The van der Waals surface area contributed by atoms with E-state index >= 15 is 0 Å². The fraction of sp³-hybridized carbons (Fsp3) is 1.00. The van der Waals surface area contributed by atoms with Gasteiger partial charge in [0.25, 0.3) is 0 Å². The summed E-state index contributed by atoms with van der Waals surface area (Å²) in [6.45, 7) is 7.72. The molecule has 3 aliphatic rings. The first-order chi connectivity index (χ1) is 7.06. The molecule has 0 aromatic rings. The van der Waals surface area contributed by atoms with Gasteiger partial charge in [-0.1, -0.05) is 46.5 Å². The molecule has 0 aromatic heterocycles. The SMILES string of the molecule is CC1(C)C2CCC1(C)C(C1CCCC1)C2. The van der Waals surface area contributed by atoms with Gasteiger partial charge in [0, 0.05) is 0 Å². The van der Waals surface area contributed by atoms with Crippen LogP contribution in [0.4, 0.5) is 0 Å². The molecule has 0 saturated heterocycles. The predicted molar refractivity (Wildman–Crippen MR) is 64.7 cm³/mol. The second kappa shape index (κ2) is 3.02. The minimum atomic E-state index is 0.639. The number of fused-ring (bicyclic) bond motifs is 2. The Morgan fingerprint density at radius 1 is 0.933 bits per heavy atom. The summed E-state index contributed by atoms with van der Waals surface area (Å²) in [7, 11) is 0. The molecule has 0 aromatic carbocycles. The van der Waals surface area contributed by atoms with Gasteiger partial charge < -0.3 is 0 Å². The van der Waals surface area contributed by atoms with Crippen molar-refractivity contribution in [2.24, 2.45) is 28.6 Å². The molecule has 0 N–H and O–H groups in total. The van der Waals surface area contributed by atoms with Gasteiger partial charge in [0.15, 0.2) is 0 Å². The average molecular weight is 206 g/mol. The summed E-state index contributed by atoms with van der Waals surface area (Å²) >= 11 is 0. The van der Waals surface area contributed by atoms with Gasteiger partial charge in [0.05, 0.1) is 0 Å². The number of hydrogen-bond donors (Lipinski definition) is 0. The van der Waals surface area contributed by atoms with Crippen LogP contribution in [0.1, 0.15) is 65.7 Å². The van der Waals surface area contributed by atoms with Crippen LogP contribution >= 0.6 is 0 Å². The van der Waals surface area contributed by atoms with E-state index in [1.54, 1.807) is 19.3 Å². The Labute approximate surface area is 94.8 Å². The molecule has 3 aliphatic carbocycles. The summed E-state index contributed by atoms with van der Waals surface area (Å²) in [5.74, 6) is 3.22. The van der Waals surface area contributed by atoms with Crippen LogP contribution in [0.2, 0.25) is 0 Å². The van der Waals surface area contributed by atoms with E-state index in [2.05, 4.69) is 20.8 Å². The van der Waals surface area contributed by atoms with Crippen molar-refractivity contribution in [1.82, 2.24) is 0 Å². The third kappa shape index (κ3) is 1.14. The van der Waals surface area contributed by atoms with E-state index in [-0.39, 0.29) is 0 Å². The lowest BCUT2D eigenvalue weighted by atomic mass is 9.63. The number of rotatable bonds is 1. The average Bonchev–Trinajstić information content (AvgIpc) is 2.80. The van der Waals surface area contributed by atoms with Crippen LogP contribution in [-0.2, 0) is 0 Å². The molecule has 3 unspecified atom stereocenters. The molecule has 3 saturated carbocycles. The fourth-order valence-corrected chi connectivity index (χ4v) is 5.34. The molecule has 0 aliphatic heterocycles. The van der Waals surface area contributed by atoms with Crippen LogP contribution < -0.4 is 0 Å². The minimum absolute atomic E-state index is 0.639. The fourth-order valence-electron chi connectivity index (χ4n) is 5.34. The van der Waals surface area contributed by atoms with Gasteiger partial charge in [0.1, 0.15) is 0 Å². The van der Waals surface area contributed by atoms with Crippen molar-refractivity contribution < 1.29 is 0 Å². The van der Waals surface area contributed by atoms with Crippen LogP contribution in [0, 0.1) is 28.6 Å². The molecule has 3 rings (SSSR count). The van der Waals surface area contributed by atoms with Crippen LogP contribution in [0.3, 0.4) is 0 Å². The first kappa shape index (κ1) is 10.2. The molecule has 86 valence electrons. The lowest BCUT2D eigenvalue weighted by Crippen LogP contribution is -2.35. The first-order valence-electron chi connectivity index (χ1n) is 7.06. The molecule has 0 heterocycles. The molecule has 3 atom stereocenters. The highest BCUT2D eigenvalue weighted by Gasteiger charge is 2.62. The monoisotopic (exact) mass is 206 g/mol. The lowest BCUT2D eigenvalue weighted by Gasteiger charge is -2.42. The van der Waals surface area contributed by atoms with Gasteiger partial charge in [-0.3, -0.25) is 0 Å². The van der Waals surface area contributed by atoms with Crippen molar-refractivity contribution in [3.8, 4) is 0 Å². The summed E-state index contributed by atoms with van der Waals surface area (Å²) in [6, 6.07) is 0. The van der Waals surface area contributed by atoms with E-state index in [9.17, 15) is 0 Å². The van der Waals surface area contributed by atoms with Crippen molar-refractivity contribution in [1.29, 1.82) is 0 Å². The van der Waals surface area contributed by atoms with E-state index in [0.717, 1.165) is 17.8 Å². The van der Waals surface area contributed by atoms with Crippen molar-refractivity contribution in [3.63, 3.8) is 0 Å². The topological polar surface area (TPSA) is 0 Å². The Morgan fingerprint density at radius 3 is 2.07 bits per heavy atom. The highest BCUT2D eigenvalue weighted by Crippen LogP contribution is 2.70. The molecule has 0 spiro atoms. The van der Waals surface area contributed by atoms with Crippen molar-refractivity contribution in [3.05, 3.63) is 0 Å². The molecule has 0 heteroatoms. The van der Waals surface area contributed by atoms with E-state index < -0.39 is 0 Å². The van der Waals surface area contributed by atoms with E-state index in [4.69, 9.17) is 0 Å². The Hall–Kier alpha value is 0. The maximum atomic E-state index is 2.61. The molecule has 0 radical (unpaired) electrons. The summed E-state index contributed by atoms with van der Waals surface area (Å²) in [6.07, 6.45) is 10.7. The normalized spacial score (nSPS) is 49.0. The standard InChI is InChI=1S/C15H26/c1-14(2)12-8-9-15(14,3)13(10-12)11-6-4-5-7-11/h11-13H,4-10H2,1-3H3. The molecule has 0 nitrogen and oxygen atoms in total. The number of hydrogen-bond acceptors (Lipinski definition) is 0. The van der Waals surface area contributed by atoms with E-state index in [1.165, 1.54) is 25.7 Å². The summed E-state index contributed by atoms with van der Waals surface area (Å²) in [5.41, 5.74) is 1.33. The lowest BCUT2D eigenvalue weighted by molar-refractivity contribution is 0.0681. The zero-order valence-electron chi connectivity index (χ0n) is 10.7. The van der Waals surface area contributed by atoms with Crippen LogP contribution in [-0.4, -0.2) is 0 Å². The highest BCUT2D eigenvalue weighted by atomic mass is 14.7. The maximum absolute atomic E-state index is 2.61. The second-order valence-corrected chi connectivity index (χ2v) is 7.26. The minimum Gasteiger partial charge on any atom is -0.0591 e. The maximum Gasteiger partial charge on any atom is -0.0241 e. The van der Waals surface area contributed by atoms with E-state index in [1.807, 2.05) is 0 Å². The zero-order chi connectivity index (χ0) is 10.7. The Kier molecular flexibility index (Phi) is 2.05. The Morgan fingerprint density at radius 2 is 1.60 bits per heavy atom. The predicted octanol–water partition coefficient (Wildman–Crippen LogP) is 4.64. The second-order valence-electron chi connectivity index (χ2n) is 7.26.